The molecule has 0 aliphatic carbocycles. The number of carbonyl (C=O) groups excluding carboxylic acids is 1. The van der Waals surface area contributed by atoms with Gasteiger partial charge in [0.1, 0.15) is 17.5 Å². The van der Waals surface area contributed by atoms with Crippen LogP contribution in [0.1, 0.15) is 23.7 Å². The van der Waals surface area contributed by atoms with E-state index in [1.807, 2.05) is 54.2 Å². The predicted octanol–water partition coefficient (Wildman–Crippen LogP) is 4.02. The number of hydrogen-bond donors (Lipinski definition) is 1. The first-order chi connectivity index (χ1) is 14.6. The van der Waals surface area contributed by atoms with Gasteiger partial charge in [0, 0.05) is 42.2 Å². The van der Waals surface area contributed by atoms with Crippen molar-refractivity contribution in [3.8, 4) is 17.1 Å². The number of nitrogens with one attached hydrogen (secondary N) is 1. The summed E-state index contributed by atoms with van der Waals surface area (Å²) in [5.74, 6) is 1.52. The maximum atomic E-state index is 12.5. The maximum Gasteiger partial charge on any atom is 0.224 e. The molecule has 0 saturated heterocycles. The number of nitrogens with zero attached hydrogens (tertiary/aromatic N) is 2. The zero-order valence-corrected chi connectivity index (χ0v) is 17.0. The van der Waals surface area contributed by atoms with E-state index in [2.05, 4.69) is 29.5 Å². The quantitative estimate of drug-likeness (QED) is 0.548. The highest BCUT2D eigenvalue weighted by Gasteiger charge is 2.20. The average molecular weight is 401 g/mol. The number of benzene rings is 2. The molecule has 1 N–H and O–H groups in total. The Kier molecular flexibility index (Phi) is 4.54. The summed E-state index contributed by atoms with van der Waals surface area (Å²) in [7, 11) is 1.99. The van der Waals surface area contributed by atoms with E-state index in [9.17, 15) is 4.79 Å². The van der Waals surface area contributed by atoms with Crippen LogP contribution in [0.5, 0.6) is 5.75 Å². The van der Waals surface area contributed by atoms with Crippen molar-refractivity contribution >= 4 is 16.8 Å². The van der Waals surface area contributed by atoms with Crippen LogP contribution in [0.2, 0.25) is 0 Å². The van der Waals surface area contributed by atoms with E-state index in [0.717, 1.165) is 34.2 Å². The third kappa shape index (κ3) is 3.45. The summed E-state index contributed by atoms with van der Waals surface area (Å²) in [6.07, 6.45) is 3.47. The third-order valence-corrected chi connectivity index (χ3v) is 5.54. The van der Waals surface area contributed by atoms with E-state index >= 15 is 0 Å². The Bertz CT molecular complexity index is 1240. The SMILES string of the molecule is CC1Cc2ccc(-c3cc(CNC(=O)Cc4cn(C)c5ccccc45)no3)cc2O1. The summed E-state index contributed by atoms with van der Waals surface area (Å²) in [6, 6.07) is 16.0. The number of para-hydroxylation sites is 1. The fraction of sp³-hybridized carbons (Fsp3) is 0.250. The van der Waals surface area contributed by atoms with Crippen molar-refractivity contribution in [2.45, 2.75) is 32.4 Å². The molecule has 4 aromatic rings. The van der Waals surface area contributed by atoms with Gasteiger partial charge in [0.15, 0.2) is 5.76 Å². The van der Waals surface area contributed by atoms with Gasteiger partial charge in [-0.25, -0.2) is 0 Å². The molecule has 1 aliphatic rings. The van der Waals surface area contributed by atoms with Crippen LogP contribution in [0.4, 0.5) is 0 Å². The van der Waals surface area contributed by atoms with E-state index in [4.69, 9.17) is 9.26 Å². The van der Waals surface area contributed by atoms with Gasteiger partial charge in [-0.05, 0) is 30.2 Å². The molecule has 0 bridgehead atoms. The van der Waals surface area contributed by atoms with E-state index in [1.165, 1.54) is 5.56 Å². The lowest BCUT2D eigenvalue weighted by atomic mass is 10.1. The number of aryl methyl sites for hydroxylation is 1. The molecular weight excluding hydrogens is 378 g/mol. The highest BCUT2D eigenvalue weighted by Crippen LogP contribution is 2.33. The first-order valence-corrected chi connectivity index (χ1v) is 10.1. The zero-order chi connectivity index (χ0) is 20.7. The van der Waals surface area contributed by atoms with E-state index in [0.29, 0.717) is 24.4 Å². The fourth-order valence-electron chi connectivity index (χ4n) is 4.08. The van der Waals surface area contributed by atoms with Gasteiger partial charge in [0.25, 0.3) is 0 Å². The van der Waals surface area contributed by atoms with Crippen LogP contribution in [0, 0.1) is 0 Å². The Morgan fingerprint density at radius 2 is 2.10 bits per heavy atom. The molecule has 1 atom stereocenters. The lowest BCUT2D eigenvalue weighted by molar-refractivity contribution is -0.120. The lowest BCUT2D eigenvalue weighted by Crippen LogP contribution is -2.24. The molecule has 6 heteroatoms. The van der Waals surface area contributed by atoms with Gasteiger partial charge in [-0.1, -0.05) is 35.5 Å². The van der Waals surface area contributed by atoms with Crippen molar-refractivity contribution in [1.29, 1.82) is 0 Å². The van der Waals surface area contributed by atoms with Crippen molar-refractivity contribution in [3.63, 3.8) is 0 Å². The summed E-state index contributed by atoms with van der Waals surface area (Å²) in [5, 5.41) is 8.14. The number of aromatic nitrogens is 2. The Morgan fingerprint density at radius 1 is 1.23 bits per heavy atom. The third-order valence-electron chi connectivity index (χ3n) is 5.54. The molecule has 0 spiro atoms. The first kappa shape index (κ1) is 18.5. The van der Waals surface area contributed by atoms with Gasteiger partial charge in [-0.15, -0.1) is 0 Å². The molecule has 0 radical (unpaired) electrons. The summed E-state index contributed by atoms with van der Waals surface area (Å²) in [4.78, 5) is 12.5. The van der Waals surface area contributed by atoms with Gasteiger partial charge in [-0.3, -0.25) is 4.79 Å². The largest absolute Gasteiger partial charge is 0.490 e. The average Bonchev–Trinajstić information content (AvgIpc) is 3.43. The minimum atomic E-state index is -0.0455. The molecule has 152 valence electrons. The van der Waals surface area contributed by atoms with Crippen LogP contribution in [0.25, 0.3) is 22.2 Å². The minimum Gasteiger partial charge on any atom is -0.490 e. The normalized spacial score (nSPS) is 15.2. The molecule has 1 aliphatic heterocycles. The van der Waals surface area contributed by atoms with E-state index in [1.54, 1.807) is 0 Å². The van der Waals surface area contributed by atoms with Gasteiger partial charge in [0.2, 0.25) is 5.91 Å². The van der Waals surface area contributed by atoms with Crippen LogP contribution in [0.3, 0.4) is 0 Å². The number of ether oxygens (including phenoxy) is 1. The second kappa shape index (κ2) is 7.37. The Morgan fingerprint density at radius 3 is 3.00 bits per heavy atom. The number of rotatable bonds is 5. The molecule has 5 rings (SSSR count). The molecule has 6 nitrogen and oxygen atoms in total. The maximum absolute atomic E-state index is 12.5. The fourth-order valence-corrected chi connectivity index (χ4v) is 4.08. The second-order valence-corrected chi connectivity index (χ2v) is 7.87. The Hall–Kier alpha value is -3.54. The molecule has 30 heavy (non-hydrogen) atoms. The highest BCUT2D eigenvalue weighted by atomic mass is 16.5. The molecule has 1 amide bonds. The van der Waals surface area contributed by atoms with Crippen LogP contribution >= 0.6 is 0 Å². The van der Waals surface area contributed by atoms with Crippen molar-refractivity contribution in [3.05, 3.63) is 71.5 Å². The molecule has 2 aromatic heterocycles. The highest BCUT2D eigenvalue weighted by molar-refractivity contribution is 5.89. The predicted molar refractivity (Wildman–Crippen MR) is 114 cm³/mol. The number of amides is 1. The Labute approximate surface area is 174 Å². The van der Waals surface area contributed by atoms with E-state index < -0.39 is 0 Å². The van der Waals surface area contributed by atoms with Crippen LogP contribution in [0.15, 0.2) is 59.3 Å². The summed E-state index contributed by atoms with van der Waals surface area (Å²) < 4.78 is 13.4. The second-order valence-electron chi connectivity index (χ2n) is 7.87. The number of fused-ring (bicyclic) bond motifs is 2. The number of carbonyl (C=O) groups is 1. The lowest BCUT2D eigenvalue weighted by Gasteiger charge is -2.03. The molecule has 3 heterocycles. The van der Waals surface area contributed by atoms with Crippen molar-refractivity contribution in [2.75, 3.05) is 0 Å². The van der Waals surface area contributed by atoms with Crippen LogP contribution in [-0.2, 0) is 31.2 Å². The summed E-state index contributed by atoms with van der Waals surface area (Å²) in [5.41, 5.74) is 4.95. The molecular formula is C24H23N3O3. The molecule has 0 saturated carbocycles. The van der Waals surface area contributed by atoms with Gasteiger partial charge in [0.05, 0.1) is 13.0 Å². The standard InChI is InChI=1S/C24H23N3O3/c1-15-9-16-7-8-17(10-22(16)29-15)23-12-19(26-30-23)13-25-24(28)11-18-14-27(2)21-6-4-3-5-20(18)21/h3-8,10,12,14-15H,9,11,13H2,1-2H3,(H,25,28). The van der Waals surface area contributed by atoms with Crippen molar-refractivity contribution in [2.24, 2.45) is 7.05 Å². The zero-order valence-electron chi connectivity index (χ0n) is 17.0. The summed E-state index contributed by atoms with van der Waals surface area (Å²) >= 11 is 0. The van der Waals surface area contributed by atoms with Gasteiger partial charge in [-0.2, -0.15) is 0 Å². The monoisotopic (exact) mass is 401 g/mol. The topological polar surface area (TPSA) is 69.3 Å². The van der Waals surface area contributed by atoms with Crippen molar-refractivity contribution < 1.29 is 14.1 Å². The molecule has 2 aromatic carbocycles. The van der Waals surface area contributed by atoms with Crippen LogP contribution in [-0.4, -0.2) is 21.7 Å². The van der Waals surface area contributed by atoms with Crippen molar-refractivity contribution in [1.82, 2.24) is 15.0 Å². The van der Waals surface area contributed by atoms with Crippen LogP contribution < -0.4 is 10.1 Å². The molecule has 0 fully saturated rings. The van der Waals surface area contributed by atoms with Gasteiger partial charge >= 0.3 is 0 Å². The van der Waals surface area contributed by atoms with E-state index in [-0.39, 0.29) is 12.0 Å². The first-order valence-electron chi connectivity index (χ1n) is 10.1. The minimum absolute atomic E-state index is 0.0455. The number of hydrogen-bond acceptors (Lipinski definition) is 4. The smallest absolute Gasteiger partial charge is 0.224 e. The molecule has 1 unspecified atom stereocenters. The Balaban J connectivity index is 1.24. The van der Waals surface area contributed by atoms with Gasteiger partial charge < -0.3 is 19.1 Å². The summed E-state index contributed by atoms with van der Waals surface area (Å²) in [6.45, 7) is 2.39.